The molecule has 8 nitrogen and oxygen atoms in total. The third kappa shape index (κ3) is 4.62. The number of benzene rings is 3. The number of aromatic hydroxyl groups is 4. The lowest BCUT2D eigenvalue weighted by molar-refractivity contribution is 0.0322. The largest absolute Gasteiger partial charge is 0.508 e. The minimum absolute atomic E-state index is 0.168. The molecule has 1 aliphatic carbocycles. The molecule has 2 atom stereocenters. The van der Waals surface area contributed by atoms with Gasteiger partial charge in [-0.05, 0) is 41.5 Å². The standard InChI is InChI=1S/C27H27NO7/c29-18-11-17(12-19(30)13-18)25-24(26-22(27(25)33)14-20(31)15-23(26)32)16-1-3-21(4-2-16)35-10-7-28-5-8-34-9-6-28/h1-4,11-15,24-25,29-32H,5-10H2. The van der Waals surface area contributed by atoms with E-state index in [9.17, 15) is 25.2 Å². The molecule has 2 aliphatic rings. The van der Waals surface area contributed by atoms with Gasteiger partial charge in [-0.2, -0.15) is 0 Å². The lowest BCUT2D eigenvalue weighted by Gasteiger charge is -2.26. The molecular formula is C27H27NO7. The number of carbonyl (C=O) groups is 1. The van der Waals surface area contributed by atoms with Crippen LogP contribution in [0.4, 0.5) is 0 Å². The van der Waals surface area contributed by atoms with E-state index in [1.54, 1.807) is 0 Å². The van der Waals surface area contributed by atoms with E-state index in [0.29, 0.717) is 23.5 Å². The Kier molecular flexibility index (Phi) is 6.23. The van der Waals surface area contributed by atoms with E-state index in [1.807, 2.05) is 24.3 Å². The van der Waals surface area contributed by atoms with Gasteiger partial charge in [0.1, 0.15) is 35.4 Å². The Balaban J connectivity index is 1.44. The van der Waals surface area contributed by atoms with Crippen molar-refractivity contribution in [3.05, 3.63) is 76.9 Å². The Hall–Kier alpha value is -3.75. The van der Waals surface area contributed by atoms with Crippen LogP contribution >= 0.6 is 0 Å². The highest BCUT2D eigenvalue weighted by atomic mass is 16.5. The second kappa shape index (κ2) is 9.48. The molecule has 8 heteroatoms. The summed E-state index contributed by atoms with van der Waals surface area (Å²) in [7, 11) is 0. The predicted molar refractivity (Wildman–Crippen MR) is 128 cm³/mol. The van der Waals surface area contributed by atoms with Crippen molar-refractivity contribution in [2.24, 2.45) is 0 Å². The third-order valence-corrected chi connectivity index (χ3v) is 6.64. The summed E-state index contributed by atoms with van der Waals surface area (Å²) in [5, 5.41) is 40.7. The maximum atomic E-state index is 13.4. The van der Waals surface area contributed by atoms with Crippen LogP contribution in [0.5, 0.6) is 28.7 Å². The van der Waals surface area contributed by atoms with Gasteiger partial charge >= 0.3 is 0 Å². The van der Waals surface area contributed by atoms with Crippen molar-refractivity contribution in [2.45, 2.75) is 11.8 Å². The molecule has 0 radical (unpaired) electrons. The van der Waals surface area contributed by atoms with Gasteiger partial charge in [0, 0.05) is 48.8 Å². The van der Waals surface area contributed by atoms with Crippen molar-refractivity contribution < 1.29 is 34.7 Å². The van der Waals surface area contributed by atoms with Crippen molar-refractivity contribution in [2.75, 3.05) is 39.5 Å². The van der Waals surface area contributed by atoms with Gasteiger partial charge in [0.15, 0.2) is 5.78 Å². The Labute approximate surface area is 202 Å². The Morgan fingerprint density at radius 2 is 1.49 bits per heavy atom. The summed E-state index contributed by atoms with van der Waals surface area (Å²) in [4.78, 5) is 15.7. The molecule has 0 aromatic heterocycles. The highest BCUT2D eigenvalue weighted by Gasteiger charge is 2.44. The van der Waals surface area contributed by atoms with E-state index < -0.39 is 11.8 Å². The monoisotopic (exact) mass is 477 g/mol. The molecule has 4 N–H and O–H groups in total. The van der Waals surface area contributed by atoms with Crippen molar-refractivity contribution in [3.8, 4) is 28.7 Å². The molecule has 182 valence electrons. The summed E-state index contributed by atoms with van der Waals surface area (Å²) in [5.41, 5.74) is 1.79. The van der Waals surface area contributed by atoms with E-state index in [2.05, 4.69) is 4.90 Å². The number of phenols is 4. The molecule has 1 saturated heterocycles. The summed E-state index contributed by atoms with van der Waals surface area (Å²) in [6.45, 7) is 4.59. The van der Waals surface area contributed by atoms with Crippen LogP contribution in [0.25, 0.3) is 0 Å². The van der Waals surface area contributed by atoms with Gasteiger partial charge in [-0.3, -0.25) is 9.69 Å². The second-order valence-corrected chi connectivity index (χ2v) is 8.90. The number of morpholine rings is 1. The molecule has 2 unspecified atom stereocenters. The highest BCUT2D eigenvalue weighted by Crippen LogP contribution is 2.52. The minimum Gasteiger partial charge on any atom is -0.508 e. The van der Waals surface area contributed by atoms with Crippen molar-refractivity contribution in [1.29, 1.82) is 0 Å². The Morgan fingerprint density at radius 1 is 0.829 bits per heavy atom. The van der Waals surface area contributed by atoms with Crippen LogP contribution in [-0.4, -0.2) is 70.6 Å². The fourth-order valence-corrected chi connectivity index (χ4v) is 5.03. The first kappa shape index (κ1) is 23.0. The Morgan fingerprint density at radius 3 is 2.17 bits per heavy atom. The number of hydrogen-bond acceptors (Lipinski definition) is 8. The summed E-state index contributed by atoms with van der Waals surface area (Å²) >= 11 is 0. The average molecular weight is 478 g/mol. The van der Waals surface area contributed by atoms with Crippen LogP contribution in [0.2, 0.25) is 0 Å². The first-order valence-electron chi connectivity index (χ1n) is 11.6. The lowest BCUT2D eigenvalue weighted by atomic mass is 9.81. The van der Waals surface area contributed by atoms with Gasteiger partial charge in [0.2, 0.25) is 0 Å². The topological polar surface area (TPSA) is 120 Å². The number of Topliss-reactive ketones (excluding diaryl/α,β-unsaturated/α-hetero) is 1. The maximum absolute atomic E-state index is 13.4. The number of fused-ring (bicyclic) bond motifs is 1. The molecule has 3 aromatic rings. The average Bonchev–Trinajstić information content (AvgIpc) is 3.12. The smallest absolute Gasteiger partial charge is 0.171 e. The number of hydrogen-bond donors (Lipinski definition) is 4. The van der Waals surface area contributed by atoms with Gasteiger partial charge < -0.3 is 29.9 Å². The molecule has 35 heavy (non-hydrogen) atoms. The Bertz CT molecular complexity index is 1210. The van der Waals surface area contributed by atoms with E-state index in [-0.39, 0.29) is 34.3 Å². The number of ether oxygens (including phenoxy) is 2. The van der Waals surface area contributed by atoms with Crippen LogP contribution in [0.3, 0.4) is 0 Å². The van der Waals surface area contributed by atoms with Crippen molar-refractivity contribution in [3.63, 3.8) is 0 Å². The maximum Gasteiger partial charge on any atom is 0.171 e. The number of nitrogens with zero attached hydrogens (tertiary/aromatic N) is 1. The molecule has 3 aromatic carbocycles. The number of ketones is 1. The zero-order chi connectivity index (χ0) is 24.5. The number of rotatable bonds is 6. The molecule has 0 bridgehead atoms. The van der Waals surface area contributed by atoms with E-state index in [0.717, 1.165) is 38.4 Å². The van der Waals surface area contributed by atoms with Gasteiger partial charge in [0.25, 0.3) is 0 Å². The van der Waals surface area contributed by atoms with E-state index in [4.69, 9.17) is 9.47 Å². The summed E-state index contributed by atoms with van der Waals surface area (Å²) in [6, 6.07) is 14.0. The SMILES string of the molecule is O=C1c2cc(O)cc(O)c2C(c2ccc(OCCN3CCOCC3)cc2)C1c1cc(O)cc(O)c1. The number of carbonyl (C=O) groups excluding carboxylic acids is 1. The summed E-state index contributed by atoms with van der Waals surface area (Å²) in [5.74, 6) is -1.74. The molecule has 0 amide bonds. The van der Waals surface area contributed by atoms with Crippen molar-refractivity contribution in [1.82, 2.24) is 4.90 Å². The second-order valence-electron chi connectivity index (χ2n) is 8.90. The summed E-state index contributed by atoms with van der Waals surface area (Å²) in [6.07, 6.45) is 0. The summed E-state index contributed by atoms with van der Waals surface area (Å²) < 4.78 is 11.3. The fraction of sp³-hybridized carbons (Fsp3) is 0.296. The van der Waals surface area contributed by atoms with Gasteiger partial charge in [-0.1, -0.05) is 12.1 Å². The first-order chi connectivity index (χ1) is 16.9. The fourth-order valence-electron chi connectivity index (χ4n) is 5.03. The predicted octanol–water partition coefficient (Wildman–Crippen LogP) is 3.33. The van der Waals surface area contributed by atoms with Crippen LogP contribution in [0.15, 0.2) is 54.6 Å². The normalized spacial score (nSPS) is 20.1. The van der Waals surface area contributed by atoms with E-state index >= 15 is 0 Å². The van der Waals surface area contributed by atoms with Crippen LogP contribution < -0.4 is 4.74 Å². The molecule has 1 heterocycles. The molecule has 1 aliphatic heterocycles. The van der Waals surface area contributed by atoms with Gasteiger partial charge in [-0.15, -0.1) is 0 Å². The molecule has 0 saturated carbocycles. The van der Waals surface area contributed by atoms with E-state index in [1.165, 1.54) is 30.3 Å². The molecule has 0 spiro atoms. The highest BCUT2D eigenvalue weighted by molar-refractivity contribution is 6.08. The van der Waals surface area contributed by atoms with Gasteiger partial charge in [-0.25, -0.2) is 0 Å². The third-order valence-electron chi connectivity index (χ3n) is 6.64. The molecule has 5 rings (SSSR count). The van der Waals surface area contributed by atoms with Crippen LogP contribution in [0, 0.1) is 0 Å². The van der Waals surface area contributed by atoms with Gasteiger partial charge in [0.05, 0.1) is 19.1 Å². The zero-order valence-corrected chi connectivity index (χ0v) is 19.1. The van der Waals surface area contributed by atoms with Crippen LogP contribution in [0.1, 0.15) is 38.9 Å². The lowest BCUT2D eigenvalue weighted by Crippen LogP contribution is -2.38. The molecule has 1 fully saturated rings. The first-order valence-corrected chi connectivity index (χ1v) is 11.6. The number of phenolic OH excluding ortho intramolecular Hbond substituents is 4. The zero-order valence-electron chi connectivity index (χ0n) is 19.1. The molecular weight excluding hydrogens is 450 g/mol. The quantitative estimate of drug-likeness (QED) is 0.427. The van der Waals surface area contributed by atoms with Crippen molar-refractivity contribution >= 4 is 5.78 Å². The minimum atomic E-state index is -0.802. The van der Waals surface area contributed by atoms with Crippen LogP contribution in [-0.2, 0) is 4.74 Å².